The molecule has 1 rings (SSSR count). The Kier molecular flexibility index (Phi) is 31.6. The Morgan fingerprint density at radius 3 is 0.826 bits per heavy atom. The molecule has 0 aromatic carbocycles. The minimum Gasteiger partial charge on any atom is -0.351 e. The lowest BCUT2D eigenvalue weighted by Crippen LogP contribution is -2.53. The van der Waals surface area contributed by atoms with Crippen LogP contribution in [0.15, 0.2) is 0 Å². The fourth-order valence-corrected chi connectivity index (χ4v) is 7.35. The molecule has 0 aliphatic heterocycles. The van der Waals surface area contributed by atoms with Gasteiger partial charge in [0.15, 0.2) is 0 Å². The Bertz CT molecular complexity index is 610. The zero-order valence-corrected chi connectivity index (χ0v) is 31.4. The van der Waals surface area contributed by atoms with Gasteiger partial charge in [-0.25, -0.2) is 0 Å². The average Bonchev–Trinajstić information content (AvgIpc) is 3.05. The number of nitrogens with one attached hydrogen (secondary N) is 2. The van der Waals surface area contributed by atoms with E-state index in [9.17, 15) is 9.59 Å². The second-order valence-corrected chi connectivity index (χ2v) is 15.0. The van der Waals surface area contributed by atoms with Crippen LogP contribution in [0.2, 0.25) is 0 Å². The minimum absolute atomic E-state index is 0.114. The Labute approximate surface area is 288 Å². The van der Waals surface area contributed by atoms with E-state index in [0.29, 0.717) is 12.8 Å². The van der Waals surface area contributed by atoms with Gasteiger partial charge in [-0.2, -0.15) is 0 Å². The van der Waals surface area contributed by atoms with E-state index in [-0.39, 0.29) is 23.9 Å². The maximum absolute atomic E-state index is 12.7. The summed E-state index contributed by atoms with van der Waals surface area (Å²) < 4.78 is 0. The van der Waals surface area contributed by atoms with Crippen LogP contribution in [0.1, 0.15) is 245 Å². The van der Waals surface area contributed by atoms with Crippen molar-refractivity contribution in [2.24, 2.45) is 0 Å². The van der Waals surface area contributed by atoms with Crippen molar-refractivity contribution < 1.29 is 9.59 Å². The van der Waals surface area contributed by atoms with Gasteiger partial charge in [0.2, 0.25) is 11.8 Å². The molecule has 2 amide bonds. The third kappa shape index (κ3) is 28.0. The van der Waals surface area contributed by atoms with Crippen molar-refractivity contribution in [2.45, 2.75) is 257 Å². The van der Waals surface area contributed by atoms with Crippen LogP contribution in [0.4, 0.5) is 0 Å². The van der Waals surface area contributed by atoms with Crippen LogP contribution in [0, 0.1) is 0 Å². The highest BCUT2D eigenvalue weighted by molar-refractivity contribution is 5.77. The summed E-state index contributed by atoms with van der Waals surface area (Å²) in [5.41, 5.74) is 0. The monoisotopic (exact) mass is 647 g/mol. The zero-order valence-electron chi connectivity index (χ0n) is 31.4. The quantitative estimate of drug-likeness (QED) is 0.0683. The number of unbranched alkanes of at least 4 members (excludes halogenated alkanes) is 28. The van der Waals surface area contributed by atoms with Crippen LogP contribution in [0.5, 0.6) is 0 Å². The molecule has 0 aromatic heterocycles. The first-order valence-corrected chi connectivity index (χ1v) is 21.3. The number of rotatable bonds is 34. The first-order valence-electron chi connectivity index (χ1n) is 21.3. The highest BCUT2D eigenvalue weighted by atomic mass is 16.2. The van der Waals surface area contributed by atoms with Crippen LogP contribution < -0.4 is 10.6 Å². The summed E-state index contributed by atoms with van der Waals surface area (Å²) in [6.07, 6.45) is 45.9. The summed E-state index contributed by atoms with van der Waals surface area (Å²) in [6, 6.07) is 0.227. The molecule has 1 saturated carbocycles. The summed E-state index contributed by atoms with van der Waals surface area (Å²) in [5, 5.41) is 6.58. The van der Waals surface area contributed by atoms with Crippen molar-refractivity contribution in [3.8, 4) is 0 Å². The summed E-state index contributed by atoms with van der Waals surface area (Å²) in [6.45, 7) is 4.57. The highest BCUT2D eigenvalue weighted by Crippen LogP contribution is 2.20. The largest absolute Gasteiger partial charge is 0.351 e. The SMILES string of the molecule is CCCCCCCCCCCCCCCCCC(=O)N[C@H]1CCCC[C@H]1NC(=O)CCCCCCCCCCCCCCCCC. The second kappa shape index (κ2) is 33.8. The molecule has 0 unspecified atom stereocenters. The van der Waals surface area contributed by atoms with E-state index in [0.717, 1.165) is 51.4 Å². The van der Waals surface area contributed by atoms with Gasteiger partial charge >= 0.3 is 0 Å². The van der Waals surface area contributed by atoms with E-state index >= 15 is 0 Å². The second-order valence-electron chi connectivity index (χ2n) is 15.0. The molecular weight excluding hydrogens is 564 g/mol. The molecule has 1 fully saturated rings. The smallest absolute Gasteiger partial charge is 0.220 e. The lowest BCUT2D eigenvalue weighted by Gasteiger charge is -2.33. The molecule has 0 saturated heterocycles. The van der Waals surface area contributed by atoms with Crippen LogP contribution in [-0.4, -0.2) is 23.9 Å². The Hall–Kier alpha value is -1.06. The topological polar surface area (TPSA) is 58.2 Å². The highest BCUT2D eigenvalue weighted by Gasteiger charge is 2.27. The van der Waals surface area contributed by atoms with Crippen molar-refractivity contribution in [1.82, 2.24) is 10.6 Å². The normalized spacial score (nSPS) is 16.5. The molecule has 0 bridgehead atoms. The third-order valence-corrected chi connectivity index (χ3v) is 10.5. The van der Waals surface area contributed by atoms with Crippen molar-refractivity contribution >= 4 is 11.8 Å². The third-order valence-electron chi connectivity index (χ3n) is 10.5. The maximum atomic E-state index is 12.7. The van der Waals surface area contributed by atoms with Gasteiger partial charge in [0.05, 0.1) is 0 Å². The van der Waals surface area contributed by atoms with Crippen LogP contribution >= 0.6 is 0 Å². The van der Waals surface area contributed by atoms with Crippen LogP contribution in [0.3, 0.4) is 0 Å². The molecular formula is C42H82N2O2. The lowest BCUT2D eigenvalue weighted by molar-refractivity contribution is -0.125. The molecule has 272 valence electrons. The molecule has 1 aliphatic carbocycles. The zero-order chi connectivity index (χ0) is 33.2. The Balaban J connectivity index is 1.96. The van der Waals surface area contributed by atoms with Gasteiger partial charge in [0.25, 0.3) is 0 Å². The first-order chi connectivity index (χ1) is 22.7. The fourth-order valence-electron chi connectivity index (χ4n) is 7.35. The Morgan fingerprint density at radius 1 is 0.370 bits per heavy atom. The predicted molar refractivity (Wildman–Crippen MR) is 201 cm³/mol. The van der Waals surface area contributed by atoms with Gasteiger partial charge < -0.3 is 10.6 Å². The molecule has 0 radical (unpaired) electrons. The molecule has 2 atom stereocenters. The van der Waals surface area contributed by atoms with E-state index in [1.165, 1.54) is 167 Å². The number of hydrogen-bond acceptors (Lipinski definition) is 2. The molecule has 4 heteroatoms. The number of carbonyl (C=O) groups is 2. The van der Waals surface area contributed by atoms with E-state index in [1.54, 1.807) is 0 Å². The summed E-state index contributed by atoms with van der Waals surface area (Å²) in [4.78, 5) is 25.4. The average molecular weight is 647 g/mol. The van der Waals surface area contributed by atoms with Crippen LogP contribution in [0.25, 0.3) is 0 Å². The molecule has 0 spiro atoms. The van der Waals surface area contributed by atoms with E-state index in [1.807, 2.05) is 0 Å². The number of carbonyl (C=O) groups excluding carboxylic acids is 2. The number of hydrogen-bond donors (Lipinski definition) is 2. The van der Waals surface area contributed by atoms with Crippen molar-refractivity contribution in [3.05, 3.63) is 0 Å². The van der Waals surface area contributed by atoms with E-state index in [4.69, 9.17) is 0 Å². The molecule has 2 N–H and O–H groups in total. The first kappa shape index (κ1) is 43.0. The maximum Gasteiger partial charge on any atom is 0.220 e. The van der Waals surface area contributed by atoms with Gasteiger partial charge in [-0.15, -0.1) is 0 Å². The molecule has 1 aliphatic rings. The van der Waals surface area contributed by atoms with Gasteiger partial charge in [-0.3, -0.25) is 9.59 Å². The van der Waals surface area contributed by atoms with E-state index < -0.39 is 0 Å². The standard InChI is InChI=1S/C42H82N2O2/c1-3-5-7-9-11-13-15-17-19-21-23-25-27-29-31-37-41(45)43-39-35-33-34-36-40(39)44-42(46)38-32-30-28-26-24-22-20-18-16-14-12-10-8-6-4-2/h39-40H,3-38H2,1-2H3,(H,43,45)(H,44,46)/t39-,40+. The molecule has 0 aromatic rings. The lowest BCUT2D eigenvalue weighted by atomic mass is 9.90. The summed E-state index contributed by atoms with van der Waals surface area (Å²) >= 11 is 0. The van der Waals surface area contributed by atoms with Crippen molar-refractivity contribution in [1.29, 1.82) is 0 Å². The number of amides is 2. The summed E-state index contributed by atoms with van der Waals surface area (Å²) in [7, 11) is 0. The predicted octanol–water partition coefficient (Wildman–Crippen LogP) is 13.1. The van der Waals surface area contributed by atoms with Crippen molar-refractivity contribution in [3.63, 3.8) is 0 Å². The minimum atomic E-state index is 0.114. The van der Waals surface area contributed by atoms with Gasteiger partial charge in [-0.05, 0) is 25.7 Å². The van der Waals surface area contributed by atoms with Gasteiger partial charge in [0.1, 0.15) is 0 Å². The van der Waals surface area contributed by atoms with Crippen LogP contribution in [-0.2, 0) is 9.59 Å². The van der Waals surface area contributed by atoms with E-state index in [2.05, 4.69) is 24.5 Å². The summed E-state index contributed by atoms with van der Waals surface area (Å²) in [5.74, 6) is 0.367. The van der Waals surface area contributed by atoms with Gasteiger partial charge in [0, 0.05) is 24.9 Å². The Morgan fingerprint density at radius 2 is 0.587 bits per heavy atom. The van der Waals surface area contributed by atoms with Crippen molar-refractivity contribution in [2.75, 3.05) is 0 Å². The molecule has 4 nitrogen and oxygen atoms in total. The molecule has 0 heterocycles. The van der Waals surface area contributed by atoms with Gasteiger partial charge in [-0.1, -0.05) is 206 Å². The molecule has 46 heavy (non-hydrogen) atoms. The fraction of sp³-hybridized carbons (Fsp3) is 0.952.